The molecule has 1 aliphatic heterocycles. The lowest BCUT2D eigenvalue weighted by molar-refractivity contribution is 0.627. The molecule has 3 rings (SSSR count). The number of hydrogen-bond acceptors (Lipinski definition) is 2. The third-order valence-corrected chi connectivity index (χ3v) is 2.95. The molecule has 82 valence electrons. The fourth-order valence-corrected chi connectivity index (χ4v) is 2.12. The summed E-state index contributed by atoms with van der Waals surface area (Å²) in [5, 5.41) is 3.32. The van der Waals surface area contributed by atoms with Gasteiger partial charge in [-0.15, -0.1) is 0 Å². The Bertz CT molecular complexity index is 490. The molecule has 2 heterocycles. The number of hydrogen-bond donors (Lipinski definition) is 1. The van der Waals surface area contributed by atoms with Crippen molar-refractivity contribution in [2.45, 2.75) is 19.9 Å². The van der Waals surface area contributed by atoms with E-state index in [1.165, 1.54) is 17.5 Å². The number of aromatic nitrogens is 2. The highest BCUT2D eigenvalue weighted by molar-refractivity contribution is 5.61. The number of imidazole rings is 1. The maximum absolute atomic E-state index is 4.61. The van der Waals surface area contributed by atoms with Crippen molar-refractivity contribution in [1.29, 1.82) is 0 Å². The molecule has 0 amide bonds. The summed E-state index contributed by atoms with van der Waals surface area (Å²) in [5.74, 6) is 1.00. The van der Waals surface area contributed by atoms with Crippen LogP contribution in [0.15, 0.2) is 30.5 Å². The Morgan fingerprint density at radius 2 is 2.31 bits per heavy atom. The smallest absolute Gasteiger partial charge is 0.203 e. The van der Waals surface area contributed by atoms with E-state index in [0.29, 0.717) is 0 Å². The molecule has 1 aromatic carbocycles. The summed E-state index contributed by atoms with van der Waals surface area (Å²) in [7, 11) is 0. The molecule has 1 N–H and O–H groups in total. The Hall–Kier alpha value is -1.77. The monoisotopic (exact) mass is 213 g/mol. The number of nitrogens with zero attached hydrogens (tertiary/aromatic N) is 2. The zero-order chi connectivity index (χ0) is 11.0. The summed E-state index contributed by atoms with van der Waals surface area (Å²) < 4.78 is 2.20. The van der Waals surface area contributed by atoms with E-state index in [2.05, 4.69) is 52.3 Å². The van der Waals surface area contributed by atoms with Crippen LogP contribution in [0.3, 0.4) is 0 Å². The van der Waals surface area contributed by atoms with Gasteiger partial charge in [0.2, 0.25) is 5.95 Å². The molecule has 0 fully saturated rings. The van der Waals surface area contributed by atoms with Gasteiger partial charge in [0.1, 0.15) is 0 Å². The number of aryl methyl sites for hydroxylation is 2. The second-order valence-electron chi connectivity index (χ2n) is 4.29. The van der Waals surface area contributed by atoms with E-state index in [9.17, 15) is 0 Å². The van der Waals surface area contributed by atoms with Crippen LogP contribution in [0.1, 0.15) is 12.0 Å². The molecule has 3 nitrogen and oxygen atoms in total. The van der Waals surface area contributed by atoms with E-state index < -0.39 is 0 Å². The van der Waals surface area contributed by atoms with Gasteiger partial charge in [-0.2, -0.15) is 0 Å². The van der Waals surface area contributed by atoms with Gasteiger partial charge in [-0.05, 0) is 19.4 Å². The zero-order valence-corrected chi connectivity index (χ0v) is 9.40. The molecule has 16 heavy (non-hydrogen) atoms. The molecular weight excluding hydrogens is 198 g/mol. The highest BCUT2D eigenvalue weighted by Gasteiger charge is 2.12. The Morgan fingerprint density at radius 1 is 1.38 bits per heavy atom. The van der Waals surface area contributed by atoms with E-state index in [4.69, 9.17) is 0 Å². The first-order valence-corrected chi connectivity index (χ1v) is 5.71. The van der Waals surface area contributed by atoms with Crippen molar-refractivity contribution in [2.75, 3.05) is 11.9 Å². The minimum absolute atomic E-state index is 1.00. The van der Waals surface area contributed by atoms with Gasteiger partial charge in [0, 0.05) is 24.8 Å². The van der Waals surface area contributed by atoms with E-state index in [-0.39, 0.29) is 0 Å². The lowest BCUT2D eigenvalue weighted by Crippen LogP contribution is -2.16. The van der Waals surface area contributed by atoms with Crippen LogP contribution in [0.4, 0.5) is 5.95 Å². The number of nitrogens with one attached hydrogen (secondary N) is 1. The summed E-state index contributed by atoms with van der Waals surface area (Å²) in [6.45, 7) is 4.21. The molecule has 0 atom stereocenters. The SMILES string of the molecule is Cc1cccc(-c2cn3c(n2)NCCC3)c1. The molecule has 0 aliphatic carbocycles. The fraction of sp³-hybridized carbons (Fsp3) is 0.308. The van der Waals surface area contributed by atoms with Gasteiger partial charge in [-0.1, -0.05) is 23.8 Å². The van der Waals surface area contributed by atoms with E-state index >= 15 is 0 Å². The first-order valence-electron chi connectivity index (χ1n) is 5.71. The second kappa shape index (κ2) is 3.67. The third-order valence-electron chi connectivity index (χ3n) is 2.95. The van der Waals surface area contributed by atoms with Gasteiger partial charge < -0.3 is 9.88 Å². The highest BCUT2D eigenvalue weighted by Crippen LogP contribution is 2.23. The summed E-state index contributed by atoms with van der Waals surface area (Å²) in [6, 6.07) is 8.48. The van der Waals surface area contributed by atoms with Crippen LogP contribution in [-0.4, -0.2) is 16.1 Å². The highest BCUT2D eigenvalue weighted by atomic mass is 15.2. The molecule has 2 aromatic rings. The number of anilines is 1. The van der Waals surface area contributed by atoms with Crippen LogP contribution < -0.4 is 5.32 Å². The summed E-state index contributed by atoms with van der Waals surface area (Å²) >= 11 is 0. The largest absolute Gasteiger partial charge is 0.356 e. The van der Waals surface area contributed by atoms with E-state index in [0.717, 1.165) is 24.7 Å². The first kappa shape index (κ1) is 9.46. The van der Waals surface area contributed by atoms with E-state index in [1.54, 1.807) is 0 Å². The van der Waals surface area contributed by atoms with Crippen molar-refractivity contribution in [1.82, 2.24) is 9.55 Å². The van der Waals surface area contributed by atoms with Gasteiger partial charge in [0.15, 0.2) is 0 Å². The Kier molecular flexibility index (Phi) is 2.17. The molecule has 0 spiro atoms. The van der Waals surface area contributed by atoms with Crippen LogP contribution in [-0.2, 0) is 6.54 Å². The Morgan fingerprint density at radius 3 is 3.12 bits per heavy atom. The molecule has 0 radical (unpaired) electrons. The topological polar surface area (TPSA) is 29.9 Å². The van der Waals surface area contributed by atoms with Crippen molar-refractivity contribution >= 4 is 5.95 Å². The minimum Gasteiger partial charge on any atom is -0.356 e. The van der Waals surface area contributed by atoms with Gasteiger partial charge >= 0.3 is 0 Å². The third kappa shape index (κ3) is 1.58. The number of rotatable bonds is 1. The number of fused-ring (bicyclic) bond motifs is 1. The lowest BCUT2D eigenvalue weighted by atomic mass is 10.1. The summed E-state index contributed by atoms with van der Waals surface area (Å²) in [6.07, 6.45) is 3.31. The van der Waals surface area contributed by atoms with Crippen molar-refractivity contribution in [3.8, 4) is 11.3 Å². The predicted octanol–water partition coefficient (Wildman–Crippen LogP) is 2.67. The minimum atomic E-state index is 1.00. The van der Waals surface area contributed by atoms with Crippen LogP contribution in [0.5, 0.6) is 0 Å². The van der Waals surface area contributed by atoms with Gasteiger partial charge in [0.25, 0.3) is 0 Å². The van der Waals surface area contributed by atoms with Crippen LogP contribution in [0.25, 0.3) is 11.3 Å². The average molecular weight is 213 g/mol. The van der Waals surface area contributed by atoms with E-state index in [1.807, 2.05) is 0 Å². The molecular formula is C13H15N3. The zero-order valence-electron chi connectivity index (χ0n) is 9.40. The molecule has 0 saturated carbocycles. The molecule has 0 bridgehead atoms. The molecule has 0 saturated heterocycles. The van der Waals surface area contributed by atoms with Gasteiger partial charge in [0.05, 0.1) is 5.69 Å². The molecule has 1 aliphatic rings. The maximum atomic E-state index is 4.61. The van der Waals surface area contributed by atoms with Crippen LogP contribution >= 0.6 is 0 Å². The quantitative estimate of drug-likeness (QED) is 0.789. The van der Waals surface area contributed by atoms with Gasteiger partial charge in [-0.3, -0.25) is 0 Å². The predicted molar refractivity (Wildman–Crippen MR) is 65.5 cm³/mol. The normalized spacial score (nSPS) is 14.3. The summed E-state index contributed by atoms with van der Waals surface area (Å²) in [5.41, 5.74) is 3.54. The van der Waals surface area contributed by atoms with Crippen molar-refractivity contribution in [3.63, 3.8) is 0 Å². The average Bonchev–Trinajstić information content (AvgIpc) is 2.72. The summed E-state index contributed by atoms with van der Waals surface area (Å²) in [4.78, 5) is 4.61. The lowest BCUT2D eigenvalue weighted by Gasteiger charge is -2.14. The maximum Gasteiger partial charge on any atom is 0.203 e. The first-order chi connectivity index (χ1) is 7.83. The standard InChI is InChI=1S/C13H15N3/c1-10-4-2-5-11(8-10)12-9-16-7-3-6-14-13(16)15-12/h2,4-5,8-9H,3,6-7H2,1H3,(H,14,15). The van der Waals surface area contributed by atoms with Crippen molar-refractivity contribution < 1.29 is 0 Å². The second-order valence-corrected chi connectivity index (χ2v) is 4.29. The van der Waals surface area contributed by atoms with Crippen LogP contribution in [0.2, 0.25) is 0 Å². The van der Waals surface area contributed by atoms with Crippen molar-refractivity contribution in [3.05, 3.63) is 36.0 Å². The number of benzene rings is 1. The molecule has 3 heteroatoms. The fourth-order valence-electron chi connectivity index (χ4n) is 2.12. The Labute approximate surface area is 95.1 Å². The molecule has 0 unspecified atom stereocenters. The Balaban J connectivity index is 2.03. The van der Waals surface area contributed by atoms with Crippen LogP contribution in [0, 0.1) is 6.92 Å². The van der Waals surface area contributed by atoms with Crippen molar-refractivity contribution in [2.24, 2.45) is 0 Å². The van der Waals surface area contributed by atoms with Gasteiger partial charge in [-0.25, -0.2) is 4.98 Å². The molecule has 1 aromatic heterocycles.